The molecule has 0 radical (unpaired) electrons. The lowest BCUT2D eigenvalue weighted by Crippen LogP contribution is -2.35. The highest BCUT2D eigenvalue weighted by molar-refractivity contribution is 5.91. The Morgan fingerprint density at radius 1 is 1.28 bits per heavy atom. The zero-order valence-electron chi connectivity index (χ0n) is 13.6. The SMILES string of the molecule is CC(CNC(=O)Nc1ccc([N+](=O)[O-])cc1O)OCc1ccccc1. The second-order valence-corrected chi connectivity index (χ2v) is 5.40. The van der Waals surface area contributed by atoms with E-state index in [1.165, 1.54) is 12.1 Å². The van der Waals surface area contributed by atoms with Crippen molar-refractivity contribution in [2.45, 2.75) is 19.6 Å². The number of nitrogens with one attached hydrogen (secondary N) is 2. The van der Waals surface area contributed by atoms with Crippen molar-refractivity contribution in [2.75, 3.05) is 11.9 Å². The van der Waals surface area contributed by atoms with Crippen LogP contribution < -0.4 is 10.6 Å². The molecule has 132 valence electrons. The predicted molar refractivity (Wildman–Crippen MR) is 92.5 cm³/mol. The highest BCUT2D eigenvalue weighted by Gasteiger charge is 2.12. The molecule has 2 rings (SSSR count). The lowest BCUT2D eigenvalue weighted by molar-refractivity contribution is -0.384. The molecule has 1 atom stereocenters. The van der Waals surface area contributed by atoms with Gasteiger partial charge < -0.3 is 20.5 Å². The number of hydrogen-bond donors (Lipinski definition) is 3. The van der Waals surface area contributed by atoms with E-state index >= 15 is 0 Å². The van der Waals surface area contributed by atoms with Gasteiger partial charge in [0, 0.05) is 12.6 Å². The van der Waals surface area contributed by atoms with Gasteiger partial charge in [0.15, 0.2) is 0 Å². The number of nitro groups is 1. The maximum Gasteiger partial charge on any atom is 0.319 e. The molecule has 2 aromatic carbocycles. The number of rotatable bonds is 7. The first-order chi connectivity index (χ1) is 12.0. The number of nitrogens with zero attached hydrogens (tertiary/aromatic N) is 1. The van der Waals surface area contributed by atoms with Crippen molar-refractivity contribution in [3.8, 4) is 5.75 Å². The minimum absolute atomic E-state index is 0.0842. The number of carbonyl (C=O) groups excluding carboxylic acids is 1. The largest absolute Gasteiger partial charge is 0.506 e. The van der Waals surface area contributed by atoms with Crippen molar-refractivity contribution in [1.82, 2.24) is 5.32 Å². The molecule has 0 fully saturated rings. The number of benzene rings is 2. The number of urea groups is 1. The molecule has 8 heteroatoms. The van der Waals surface area contributed by atoms with E-state index < -0.39 is 11.0 Å². The van der Waals surface area contributed by atoms with E-state index in [2.05, 4.69) is 10.6 Å². The summed E-state index contributed by atoms with van der Waals surface area (Å²) in [5, 5.41) is 25.4. The number of phenols is 1. The Morgan fingerprint density at radius 2 is 2.00 bits per heavy atom. The third kappa shape index (κ3) is 5.78. The number of carbonyl (C=O) groups is 1. The van der Waals surface area contributed by atoms with Crippen molar-refractivity contribution in [3.63, 3.8) is 0 Å². The van der Waals surface area contributed by atoms with Gasteiger partial charge in [0.05, 0.1) is 29.4 Å². The number of ether oxygens (including phenoxy) is 1. The Labute approximate surface area is 144 Å². The van der Waals surface area contributed by atoms with Gasteiger partial charge in [-0.1, -0.05) is 30.3 Å². The fourth-order valence-electron chi connectivity index (χ4n) is 2.01. The first-order valence-electron chi connectivity index (χ1n) is 7.63. The molecule has 0 saturated carbocycles. The molecule has 8 nitrogen and oxygen atoms in total. The average molecular weight is 345 g/mol. The zero-order valence-corrected chi connectivity index (χ0v) is 13.6. The van der Waals surface area contributed by atoms with Gasteiger partial charge in [-0.25, -0.2) is 4.79 Å². The quantitative estimate of drug-likeness (QED) is 0.405. The molecule has 0 aromatic heterocycles. The predicted octanol–water partition coefficient (Wildman–Crippen LogP) is 3.03. The standard InChI is InChI=1S/C17H19N3O5/c1-12(25-11-13-5-3-2-4-6-13)10-18-17(22)19-15-8-7-14(20(23)24)9-16(15)21/h2-9,12,21H,10-11H2,1H3,(H2,18,19,22). The lowest BCUT2D eigenvalue weighted by Gasteiger charge is -2.15. The van der Waals surface area contributed by atoms with Crippen LogP contribution in [0.5, 0.6) is 5.75 Å². The maximum absolute atomic E-state index is 11.8. The highest BCUT2D eigenvalue weighted by atomic mass is 16.6. The van der Waals surface area contributed by atoms with E-state index in [0.29, 0.717) is 6.61 Å². The summed E-state index contributed by atoms with van der Waals surface area (Å²) in [5.74, 6) is -0.377. The van der Waals surface area contributed by atoms with E-state index in [4.69, 9.17) is 4.74 Å². The molecular weight excluding hydrogens is 326 g/mol. The number of nitro benzene ring substituents is 1. The Morgan fingerprint density at radius 3 is 2.64 bits per heavy atom. The van der Waals surface area contributed by atoms with Crippen LogP contribution in [0.4, 0.5) is 16.2 Å². The molecule has 0 bridgehead atoms. The van der Waals surface area contributed by atoms with Gasteiger partial charge in [-0.15, -0.1) is 0 Å². The molecule has 2 aromatic rings. The van der Waals surface area contributed by atoms with E-state index in [1.54, 1.807) is 0 Å². The van der Waals surface area contributed by atoms with Crippen molar-refractivity contribution in [1.29, 1.82) is 0 Å². The molecule has 0 aliphatic heterocycles. The highest BCUT2D eigenvalue weighted by Crippen LogP contribution is 2.27. The number of phenolic OH excluding ortho intramolecular Hbond substituents is 1. The Kier molecular flexibility index (Phi) is 6.30. The second kappa shape index (κ2) is 8.65. The molecule has 2 amide bonds. The molecule has 0 spiro atoms. The summed E-state index contributed by atoms with van der Waals surface area (Å²) in [6.45, 7) is 2.54. The summed E-state index contributed by atoms with van der Waals surface area (Å²) in [6, 6.07) is 12.6. The van der Waals surface area contributed by atoms with Crippen molar-refractivity contribution >= 4 is 17.4 Å². The number of anilines is 1. The van der Waals surface area contributed by atoms with Crippen LogP contribution in [-0.2, 0) is 11.3 Å². The maximum atomic E-state index is 11.8. The van der Waals surface area contributed by atoms with Gasteiger partial charge in [0.2, 0.25) is 0 Å². The van der Waals surface area contributed by atoms with Crippen LogP contribution in [0.3, 0.4) is 0 Å². The second-order valence-electron chi connectivity index (χ2n) is 5.40. The van der Waals surface area contributed by atoms with Gasteiger partial charge in [-0.05, 0) is 18.6 Å². The Balaban J connectivity index is 1.77. The van der Waals surface area contributed by atoms with Crippen molar-refractivity contribution in [2.24, 2.45) is 0 Å². The van der Waals surface area contributed by atoms with Crippen LogP contribution in [0, 0.1) is 10.1 Å². The summed E-state index contributed by atoms with van der Waals surface area (Å²) in [4.78, 5) is 21.8. The summed E-state index contributed by atoms with van der Waals surface area (Å²) in [6.07, 6.45) is -0.212. The smallest absolute Gasteiger partial charge is 0.319 e. The van der Waals surface area contributed by atoms with E-state index in [1.807, 2.05) is 37.3 Å². The van der Waals surface area contributed by atoms with Gasteiger partial charge in [0.25, 0.3) is 5.69 Å². The van der Waals surface area contributed by atoms with Crippen LogP contribution in [0.15, 0.2) is 48.5 Å². The first-order valence-corrected chi connectivity index (χ1v) is 7.63. The fourth-order valence-corrected chi connectivity index (χ4v) is 2.01. The molecule has 0 aliphatic rings. The first kappa shape index (κ1) is 18.2. The number of non-ortho nitro benzene ring substituents is 1. The van der Waals surface area contributed by atoms with Crippen LogP contribution in [-0.4, -0.2) is 28.7 Å². The zero-order chi connectivity index (χ0) is 18.2. The van der Waals surface area contributed by atoms with Gasteiger partial charge in [-0.3, -0.25) is 10.1 Å². The van der Waals surface area contributed by atoms with Gasteiger partial charge >= 0.3 is 6.03 Å². The average Bonchev–Trinajstić information content (AvgIpc) is 2.60. The summed E-state index contributed by atoms with van der Waals surface area (Å²) in [7, 11) is 0. The Bertz CT molecular complexity index is 736. The summed E-state index contributed by atoms with van der Waals surface area (Å²) >= 11 is 0. The number of amides is 2. The lowest BCUT2D eigenvalue weighted by atomic mass is 10.2. The van der Waals surface area contributed by atoms with E-state index in [9.17, 15) is 20.0 Å². The Hall–Kier alpha value is -3.13. The third-order valence-corrected chi connectivity index (χ3v) is 3.37. The monoisotopic (exact) mass is 345 g/mol. The molecule has 1 unspecified atom stereocenters. The van der Waals surface area contributed by atoms with Gasteiger partial charge in [0.1, 0.15) is 5.75 Å². The van der Waals surface area contributed by atoms with Gasteiger partial charge in [-0.2, -0.15) is 0 Å². The molecule has 25 heavy (non-hydrogen) atoms. The molecule has 0 saturated heterocycles. The topological polar surface area (TPSA) is 114 Å². The van der Waals surface area contributed by atoms with Crippen LogP contribution in [0.2, 0.25) is 0 Å². The van der Waals surface area contributed by atoms with Crippen molar-refractivity contribution < 1.29 is 19.6 Å². The number of aromatic hydroxyl groups is 1. The number of hydrogen-bond acceptors (Lipinski definition) is 5. The molecule has 0 aliphatic carbocycles. The van der Waals surface area contributed by atoms with Crippen LogP contribution >= 0.6 is 0 Å². The molecule has 0 heterocycles. The minimum atomic E-state index is -0.630. The summed E-state index contributed by atoms with van der Waals surface area (Å²) in [5.41, 5.74) is 0.863. The normalized spacial score (nSPS) is 11.6. The van der Waals surface area contributed by atoms with Crippen LogP contribution in [0.25, 0.3) is 0 Å². The van der Waals surface area contributed by atoms with Crippen molar-refractivity contribution in [3.05, 3.63) is 64.2 Å². The summed E-state index contributed by atoms with van der Waals surface area (Å²) < 4.78 is 5.63. The molecule has 3 N–H and O–H groups in total. The van der Waals surface area contributed by atoms with E-state index in [0.717, 1.165) is 11.6 Å². The van der Waals surface area contributed by atoms with Crippen LogP contribution in [0.1, 0.15) is 12.5 Å². The third-order valence-electron chi connectivity index (χ3n) is 3.37. The molecular formula is C17H19N3O5. The van der Waals surface area contributed by atoms with E-state index in [-0.39, 0.29) is 29.8 Å². The fraction of sp³-hybridized carbons (Fsp3) is 0.235. The minimum Gasteiger partial charge on any atom is -0.506 e.